The maximum atomic E-state index is 12.0. The number of nitrogens with two attached hydrogens (primary N) is 1. The van der Waals surface area contributed by atoms with Crippen molar-refractivity contribution >= 4 is 18.3 Å². The van der Waals surface area contributed by atoms with Crippen LogP contribution in [0.5, 0.6) is 0 Å². The second-order valence-electron chi connectivity index (χ2n) is 5.87. The van der Waals surface area contributed by atoms with Gasteiger partial charge in [-0.05, 0) is 31.6 Å². The third-order valence-electron chi connectivity index (χ3n) is 3.70. The van der Waals surface area contributed by atoms with Crippen LogP contribution >= 0.6 is 12.4 Å². The maximum absolute atomic E-state index is 12.0. The molecule has 1 saturated carbocycles. The Bertz CT molecular complexity index is 293. The molecule has 2 N–H and O–H groups in total. The van der Waals surface area contributed by atoms with E-state index in [0.29, 0.717) is 5.92 Å². The number of rotatable bonds is 5. The Kier molecular flexibility index (Phi) is 5.44. The second kappa shape index (κ2) is 6.22. The summed E-state index contributed by atoms with van der Waals surface area (Å²) in [5, 5.41) is 0. The lowest BCUT2D eigenvalue weighted by Crippen LogP contribution is -2.45. The molecule has 18 heavy (non-hydrogen) atoms. The van der Waals surface area contributed by atoms with Crippen molar-refractivity contribution in [2.45, 2.75) is 51.2 Å². The van der Waals surface area contributed by atoms with Crippen molar-refractivity contribution in [3.05, 3.63) is 0 Å². The third kappa shape index (κ3) is 3.84. The Morgan fingerprint density at radius 1 is 1.50 bits per heavy atom. The first-order valence-corrected chi connectivity index (χ1v) is 6.71. The number of nitrogens with zero attached hydrogens (tertiary/aromatic N) is 1. The van der Waals surface area contributed by atoms with Crippen molar-refractivity contribution in [2.24, 2.45) is 11.7 Å². The van der Waals surface area contributed by atoms with Gasteiger partial charge in [0.2, 0.25) is 5.91 Å². The smallest absolute Gasteiger partial charge is 0.242 e. The molecule has 0 bridgehead atoms. The fourth-order valence-corrected chi connectivity index (χ4v) is 2.18. The van der Waals surface area contributed by atoms with Gasteiger partial charge < -0.3 is 15.4 Å². The number of hydrogen-bond donors (Lipinski definition) is 1. The van der Waals surface area contributed by atoms with E-state index >= 15 is 0 Å². The summed E-state index contributed by atoms with van der Waals surface area (Å²) in [5.41, 5.74) is 5.40. The summed E-state index contributed by atoms with van der Waals surface area (Å²) in [6, 6.07) is 0. The molecule has 0 spiro atoms. The minimum Gasteiger partial charge on any atom is -0.376 e. The van der Waals surface area contributed by atoms with Gasteiger partial charge in [0.05, 0.1) is 11.6 Å². The van der Waals surface area contributed by atoms with Crippen LogP contribution in [-0.4, -0.2) is 42.1 Å². The van der Waals surface area contributed by atoms with Gasteiger partial charge in [-0.25, -0.2) is 0 Å². The number of amides is 1. The van der Waals surface area contributed by atoms with E-state index in [1.54, 1.807) is 0 Å². The minimum atomic E-state index is -0.521. The molecule has 0 aromatic rings. The summed E-state index contributed by atoms with van der Waals surface area (Å²) in [4.78, 5) is 13.9. The van der Waals surface area contributed by atoms with Crippen molar-refractivity contribution in [1.82, 2.24) is 4.90 Å². The standard InChI is InChI=1S/C13H24N2O2.ClH/c1-10(2)4-8-17-11-3-7-15(9-11)12(16)13(14)5-6-13;/h10-11H,3-9,14H2,1-2H3;1H. The van der Waals surface area contributed by atoms with E-state index in [0.717, 1.165) is 45.4 Å². The molecule has 1 aliphatic carbocycles. The molecular weight excluding hydrogens is 252 g/mol. The van der Waals surface area contributed by atoms with Crippen LogP contribution in [0.2, 0.25) is 0 Å². The van der Waals surface area contributed by atoms with E-state index in [9.17, 15) is 4.79 Å². The number of halogens is 1. The number of carbonyl (C=O) groups is 1. The SMILES string of the molecule is CC(C)CCOC1CCN(C(=O)C2(N)CC2)C1.Cl. The number of ether oxygens (including phenoxy) is 1. The van der Waals surface area contributed by atoms with E-state index in [1.807, 2.05) is 4.90 Å². The summed E-state index contributed by atoms with van der Waals surface area (Å²) in [5.74, 6) is 0.806. The number of carbonyl (C=O) groups excluding carboxylic acids is 1. The Hall–Kier alpha value is -0.320. The highest BCUT2D eigenvalue weighted by Gasteiger charge is 2.49. The molecule has 1 amide bonds. The first kappa shape index (κ1) is 15.7. The Labute approximate surface area is 116 Å². The largest absolute Gasteiger partial charge is 0.376 e. The highest BCUT2D eigenvalue weighted by Crippen LogP contribution is 2.35. The lowest BCUT2D eigenvalue weighted by molar-refractivity contribution is -0.133. The normalized spacial score (nSPS) is 25.1. The van der Waals surface area contributed by atoms with Crippen LogP contribution in [0.4, 0.5) is 0 Å². The maximum Gasteiger partial charge on any atom is 0.242 e. The third-order valence-corrected chi connectivity index (χ3v) is 3.70. The zero-order valence-electron chi connectivity index (χ0n) is 11.4. The summed E-state index contributed by atoms with van der Waals surface area (Å²) in [6.07, 6.45) is 3.97. The average molecular weight is 277 g/mol. The van der Waals surface area contributed by atoms with E-state index in [2.05, 4.69) is 13.8 Å². The van der Waals surface area contributed by atoms with Gasteiger partial charge in [-0.15, -0.1) is 12.4 Å². The molecule has 2 aliphatic rings. The summed E-state index contributed by atoms with van der Waals surface area (Å²) >= 11 is 0. The van der Waals surface area contributed by atoms with Crippen molar-refractivity contribution in [1.29, 1.82) is 0 Å². The van der Waals surface area contributed by atoms with Crippen LogP contribution in [0.3, 0.4) is 0 Å². The van der Waals surface area contributed by atoms with Crippen molar-refractivity contribution < 1.29 is 9.53 Å². The van der Waals surface area contributed by atoms with E-state index in [-0.39, 0.29) is 24.4 Å². The highest BCUT2D eigenvalue weighted by molar-refractivity contribution is 5.89. The van der Waals surface area contributed by atoms with E-state index in [1.165, 1.54) is 0 Å². The van der Waals surface area contributed by atoms with Gasteiger partial charge in [0.25, 0.3) is 0 Å². The number of hydrogen-bond acceptors (Lipinski definition) is 3. The van der Waals surface area contributed by atoms with Gasteiger partial charge in [-0.3, -0.25) is 4.79 Å². The molecule has 1 heterocycles. The molecule has 1 saturated heterocycles. The fourth-order valence-electron chi connectivity index (χ4n) is 2.18. The monoisotopic (exact) mass is 276 g/mol. The molecule has 2 rings (SSSR count). The van der Waals surface area contributed by atoms with Crippen LogP contribution in [0, 0.1) is 5.92 Å². The predicted octanol–water partition coefficient (Wildman–Crippen LogP) is 1.56. The second-order valence-corrected chi connectivity index (χ2v) is 5.87. The van der Waals surface area contributed by atoms with E-state index in [4.69, 9.17) is 10.5 Å². The first-order chi connectivity index (χ1) is 8.01. The van der Waals surface area contributed by atoms with Crippen LogP contribution in [0.15, 0.2) is 0 Å². The summed E-state index contributed by atoms with van der Waals surface area (Å²) in [7, 11) is 0. The van der Waals surface area contributed by atoms with Gasteiger partial charge >= 0.3 is 0 Å². The van der Waals surface area contributed by atoms with Gasteiger partial charge in [0, 0.05) is 19.7 Å². The van der Waals surface area contributed by atoms with Crippen LogP contribution in [0.25, 0.3) is 0 Å². The predicted molar refractivity (Wildman–Crippen MR) is 73.8 cm³/mol. The lowest BCUT2D eigenvalue weighted by Gasteiger charge is -2.20. The van der Waals surface area contributed by atoms with Crippen molar-refractivity contribution in [2.75, 3.05) is 19.7 Å². The van der Waals surface area contributed by atoms with Crippen LogP contribution in [0.1, 0.15) is 39.5 Å². The van der Waals surface area contributed by atoms with Gasteiger partial charge in [-0.1, -0.05) is 13.8 Å². The molecule has 1 aliphatic heterocycles. The molecule has 106 valence electrons. The lowest BCUT2D eigenvalue weighted by atomic mass is 10.1. The quantitative estimate of drug-likeness (QED) is 0.829. The summed E-state index contributed by atoms with van der Waals surface area (Å²) < 4.78 is 5.79. The Morgan fingerprint density at radius 3 is 2.72 bits per heavy atom. The van der Waals surface area contributed by atoms with Crippen molar-refractivity contribution in [3.8, 4) is 0 Å². The van der Waals surface area contributed by atoms with Crippen LogP contribution < -0.4 is 5.73 Å². The topological polar surface area (TPSA) is 55.6 Å². The molecule has 0 aromatic carbocycles. The molecule has 5 heteroatoms. The highest BCUT2D eigenvalue weighted by atomic mass is 35.5. The van der Waals surface area contributed by atoms with Crippen LogP contribution in [-0.2, 0) is 9.53 Å². The molecule has 0 radical (unpaired) electrons. The molecule has 4 nitrogen and oxygen atoms in total. The first-order valence-electron chi connectivity index (χ1n) is 6.71. The molecule has 1 atom stereocenters. The molecule has 2 fully saturated rings. The van der Waals surface area contributed by atoms with E-state index < -0.39 is 5.54 Å². The Balaban J connectivity index is 0.00000162. The summed E-state index contributed by atoms with van der Waals surface area (Å²) in [6.45, 7) is 6.73. The van der Waals surface area contributed by atoms with Gasteiger partial charge in [0.1, 0.15) is 0 Å². The molecular formula is C13H25ClN2O2. The zero-order valence-corrected chi connectivity index (χ0v) is 12.2. The fraction of sp³-hybridized carbons (Fsp3) is 0.923. The zero-order chi connectivity index (χ0) is 12.5. The van der Waals surface area contributed by atoms with Gasteiger partial charge in [0.15, 0.2) is 0 Å². The number of likely N-dealkylation sites (tertiary alicyclic amines) is 1. The van der Waals surface area contributed by atoms with Crippen molar-refractivity contribution in [3.63, 3.8) is 0 Å². The molecule has 1 unspecified atom stereocenters. The Morgan fingerprint density at radius 2 is 2.17 bits per heavy atom. The average Bonchev–Trinajstić information content (AvgIpc) is 2.85. The molecule has 0 aromatic heterocycles. The minimum absolute atomic E-state index is 0. The van der Waals surface area contributed by atoms with Gasteiger partial charge in [-0.2, -0.15) is 0 Å².